The average molecular weight is 226 g/mol. The highest BCUT2D eigenvalue weighted by Crippen LogP contribution is 2.21. The van der Waals surface area contributed by atoms with Crippen LogP contribution in [0.25, 0.3) is 0 Å². The Hall–Kier alpha value is -1.78. The van der Waals surface area contributed by atoms with E-state index in [4.69, 9.17) is 0 Å². The Bertz CT molecular complexity index is 460. The van der Waals surface area contributed by atoms with Gasteiger partial charge in [-0.3, -0.25) is 0 Å². The van der Waals surface area contributed by atoms with Crippen molar-refractivity contribution in [3.8, 4) is 11.8 Å². The first-order valence-electron chi connectivity index (χ1n) is 5.67. The van der Waals surface area contributed by atoms with Crippen LogP contribution >= 0.6 is 0 Å². The van der Waals surface area contributed by atoms with Gasteiger partial charge in [-0.1, -0.05) is 42.2 Å². The monoisotopic (exact) mass is 226 g/mol. The molecule has 0 saturated heterocycles. The highest BCUT2D eigenvalue weighted by Gasteiger charge is 2.10. The van der Waals surface area contributed by atoms with Gasteiger partial charge in [0, 0.05) is 6.42 Å². The topological polar surface area (TPSA) is 20.2 Å². The molecule has 0 amide bonds. The highest BCUT2D eigenvalue weighted by atomic mass is 16.3. The molecule has 1 rings (SSSR count). The van der Waals surface area contributed by atoms with E-state index < -0.39 is 6.10 Å². The van der Waals surface area contributed by atoms with Crippen molar-refractivity contribution in [2.45, 2.75) is 25.9 Å². The summed E-state index contributed by atoms with van der Waals surface area (Å²) in [6, 6.07) is 5.89. The number of aliphatic hydroxyl groups is 1. The molecule has 0 bridgehead atoms. The van der Waals surface area contributed by atoms with E-state index in [1.54, 1.807) is 6.08 Å². The standard InChI is InChI=1S/C16H18O/c1-4-6-7-12-16(17)15-11-8-10-13(3)14(15)9-5-2/h4-5,8,10-11,16-17H,1-2,6,9H2,3H3. The van der Waals surface area contributed by atoms with Crippen LogP contribution in [-0.4, -0.2) is 5.11 Å². The number of rotatable bonds is 4. The SMILES string of the molecule is C=CCC#CC(O)c1cccc(C)c1CC=C. The number of aliphatic hydroxyl groups excluding tert-OH is 1. The molecule has 0 fully saturated rings. The summed E-state index contributed by atoms with van der Waals surface area (Å²) >= 11 is 0. The molecule has 1 aromatic carbocycles. The van der Waals surface area contributed by atoms with Gasteiger partial charge in [-0.2, -0.15) is 0 Å². The molecule has 0 radical (unpaired) electrons. The minimum atomic E-state index is -0.732. The predicted octanol–water partition coefficient (Wildman–Crippen LogP) is 3.34. The first-order chi connectivity index (χ1) is 8.20. The van der Waals surface area contributed by atoms with Crippen LogP contribution in [-0.2, 0) is 6.42 Å². The Balaban J connectivity index is 3.04. The lowest BCUT2D eigenvalue weighted by atomic mass is 9.95. The van der Waals surface area contributed by atoms with Crippen molar-refractivity contribution < 1.29 is 5.11 Å². The Labute approximate surface area is 103 Å². The Morgan fingerprint density at radius 2 is 2.12 bits per heavy atom. The molecule has 1 heteroatoms. The minimum Gasteiger partial charge on any atom is -0.376 e. The van der Waals surface area contributed by atoms with Gasteiger partial charge in [0.2, 0.25) is 0 Å². The molecule has 17 heavy (non-hydrogen) atoms. The second-order valence-electron chi connectivity index (χ2n) is 3.85. The summed E-state index contributed by atoms with van der Waals surface area (Å²) in [6.45, 7) is 9.37. The van der Waals surface area contributed by atoms with E-state index in [1.165, 1.54) is 0 Å². The third-order valence-electron chi connectivity index (χ3n) is 2.57. The highest BCUT2D eigenvalue weighted by molar-refractivity contribution is 5.40. The molecular weight excluding hydrogens is 208 g/mol. The van der Waals surface area contributed by atoms with Crippen LogP contribution in [0, 0.1) is 18.8 Å². The van der Waals surface area contributed by atoms with Gasteiger partial charge in [0.25, 0.3) is 0 Å². The number of aryl methyl sites for hydroxylation is 1. The van der Waals surface area contributed by atoms with Gasteiger partial charge in [0.1, 0.15) is 6.10 Å². The molecule has 0 saturated carbocycles. The summed E-state index contributed by atoms with van der Waals surface area (Å²) in [5.74, 6) is 5.70. The van der Waals surface area contributed by atoms with E-state index in [1.807, 2.05) is 31.2 Å². The van der Waals surface area contributed by atoms with E-state index in [9.17, 15) is 5.11 Å². The van der Waals surface area contributed by atoms with Crippen LogP contribution in [0.1, 0.15) is 29.2 Å². The van der Waals surface area contributed by atoms with Gasteiger partial charge in [0.05, 0.1) is 0 Å². The van der Waals surface area contributed by atoms with Gasteiger partial charge in [0.15, 0.2) is 0 Å². The fourth-order valence-corrected chi connectivity index (χ4v) is 1.71. The first-order valence-corrected chi connectivity index (χ1v) is 5.67. The molecular formula is C16H18O. The van der Waals surface area contributed by atoms with Crippen molar-refractivity contribution in [3.05, 3.63) is 60.2 Å². The van der Waals surface area contributed by atoms with Crippen molar-refractivity contribution in [2.24, 2.45) is 0 Å². The summed E-state index contributed by atoms with van der Waals surface area (Å²) in [7, 11) is 0. The number of benzene rings is 1. The van der Waals surface area contributed by atoms with Crippen molar-refractivity contribution in [3.63, 3.8) is 0 Å². The maximum Gasteiger partial charge on any atom is 0.140 e. The lowest BCUT2D eigenvalue weighted by molar-refractivity contribution is 0.237. The Kier molecular flexibility index (Phi) is 5.26. The summed E-state index contributed by atoms with van der Waals surface area (Å²) in [6.07, 6.45) is 4.18. The maximum atomic E-state index is 10.0. The van der Waals surface area contributed by atoms with E-state index in [2.05, 4.69) is 25.0 Å². The summed E-state index contributed by atoms with van der Waals surface area (Å²) < 4.78 is 0. The van der Waals surface area contributed by atoms with Crippen molar-refractivity contribution in [1.29, 1.82) is 0 Å². The summed E-state index contributed by atoms with van der Waals surface area (Å²) in [5, 5.41) is 10.0. The Morgan fingerprint density at radius 1 is 1.35 bits per heavy atom. The smallest absolute Gasteiger partial charge is 0.140 e. The van der Waals surface area contributed by atoms with Gasteiger partial charge in [-0.05, 0) is 30.0 Å². The molecule has 1 aromatic rings. The van der Waals surface area contributed by atoms with E-state index in [0.29, 0.717) is 6.42 Å². The lowest BCUT2D eigenvalue weighted by Gasteiger charge is -2.12. The molecule has 0 aromatic heterocycles. The van der Waals surface area contributed by atoms with Crippen LogP contribution in [0.15, 0.2) is 43.5 Å². The molecule has 1 nitrogen and oxygen atoms in total. The van der Waals surface area contributed by atoms with Crippen molar-refractivity contribution in [1.82, 2.24) is 0 Å². The predicted molar refractivity (Wildman–Crippen MR) is 72.6 cm³/mol. The quantitative estimate of drug-likeness (QED) is 0.616. The molecule has 88 valence electrons. The van der Waals surface area contributed by atoms with Crippen LogP contribution < -0.4 is 0 Å². The molecule has 0 spiro atoms. The van der Waals surface area contributed by atoms with Crippen molar-refractivity contribution >= 4 is 0 Å². The zero-order chi connectivity index (χ0) is 12.7. The maximum absolute atomic E-state index is 10.0. The molecule has 1 atom stereocenters. The fraction of sp³-hybridized carbons (Fsp3) is 0.250. The van der Waals surface area contributed by atoms with Crippen LogP contribution in [0.4, 0.5) is 0 Å². The normalized spacial score (nSPS) is 11.2. The van der Waals surface area contributed by atoms with Gasteiger partial charge < -0.3 is 5.11 Å². The summed E-state index contributed by atoms with van der Waals surface area (Å²) in [5.41, 5.74) is 3.15. The van der Waals surface area contributed by atoms with Crippen molar-refractivity contribution in [2.75, 3.05) is 0 Å². The fourth-order valence-electron chi connectivity index (χ4n) is 1.71. The van der Waals surface area contributed by atoms with E-state index in [-0.39, 0.29) is 0 Å². The zero-order valence-electron chi connectivity index (χ0n) is 10.2. The Morgan fingerprint density at radius 3 is 2.76 bits per heavy atom. The first kappa shape index (κ1) is 13.3. The summed E-state index contributed by atoms with van der Waals surface area (Å²) in [4.78, 5) is 0. The number of allylic oxidation sites excluding steroid dienone is 2. The van der Waals surface area contributed by atoms with Gasteiger partial charge in [-0.15, -0.1) is 13.2 Å². The van der Waals surface area contributed by atoms with Gasteiger partial charge in [-0.25, -0.2) is 0 Å². The number of hydrogen-bond acceptors (Lipinski definition) is 1. The second-order valence-corrected chi connectivity index (χ2v) is 3.85. The second kappa shape index (κ2) is 6.73. The van der Waals surface area contributed by atoms with Crippen LogP contribution in [0.5, 0.6) is 0 Å². The van der Waals surface area contributed by atoms with Gasteiger partial charge >= 0.3 is 0 Å². The zero-order valence-corrected chi connectivity index (χ0v) is 10.2. The average Bonchev–Trinajstić information content (AvgIpc) is 2.32. The number of hydrogen-bond donors (Lipinski definition) is 1. The lowest BCUT2D eigenvalue weighted by Crippen LogP contribution is -2.01. The largest absolute Gasteiger partial charge is 0.376 e. The molecule has 1 N–H and O–H groups in total. The molecule has 0 aliphatic carbocycles. The molecule has 0 aliphatic rings. The molecule has 0 heterocycles. The van der Waals surface area contributed by atoms with E-state index in [0.717, 1.165) is 23.1 Å². The third kappa shape index (κ3) is 3.62. The third-order valence-corrected chi connectivity index (χ3v) is 2.57. The van der Waals surface area contributed by atoms with E-state index >= 15 is 0 Å². The molecule has 0 aliphatic heterocycles. The van der Waals surface area contributed by atoms with Crippen LogP contribution in [0.2, 0.25) is 0 Å². The van der Waals surface area contributed by atoms with Crippen LogP contribution in [0.3, 0.4) is 0 Å². The minimum absolute atomic E-state index is 0.597. The molecule has 1 unspecified atom stereocenters.